The van der Waals surface area contributed by atoms with Crippen molar-refractivity contribution in [3.8, 4) is 0 Å². The zero-order valence-electron chi connectivity index (χ0n) is 10.7. The predicted molar refractivity (Wildman–Crippen MR) is 81.0 cm³/mol. The smallest absolute Gasteiger partial charge is 0.201 e. The second-order valence-corrected chi connectivity index (χ2v) is 6.24. The number of anilines is 1. The van der Waals surface area contributed by atoms with E-state index in [0.29, 0.717) is 15.4 Å². The average Bonchev–Trinajstić information content (AvgIpc) is 2.53. The van der Waals surface area contributed by atoms with Crippen molar-refractivity contribution in [2.24, 2.45) is 5.92 Å². The number of benzene rings is 1. The third-order valence-electron chi connectivity index (χ3n) is 3.01. The monoisotopic (exact) mass is 361 g/mol. The minimum Gasteiger partial charge on any atom is -0.369 e. The summed E-state index contributed by atoms with van der Waals surface area (Å²) in [5, 5.41) is 0. The molecular formula is C13H17FIN3. The molecule has 1 atom stereocenters. The van der Waals surface area contributed by atoms with Gasteiger partial charge in [-0.15, -0.1) is 0 Å². The zero-order valence-corrected chi connectivity index (χ0v) is 12.9. The lowest BCUT2D eigenvalue weighted by molar-refractivity contribution is 0.439. The van der Waals surface area contributed by atoms with E-state index in [2.05, 4.69) is 25.8 Å². The maximum absolute atomic E-state index is 13.7. The summed E-state index contributed by atoms with van der Waals surface area (Å²) in [7, 11) is 0. The molecule has 18 heavy (non-hydrogen) atoms. The lowest BCUT2D eigenvalue weighted by atomic mass is 10.1. The van der Waals surface area contributed by atoms with E-state index in [1.807, 2.05) is 27.2 Å². The van der Waals surface area contributed by atoms with Gasteiger partial charge >= 0.3 is 0 Å². The lowest BCUT2D eigenvalue weighted by Crippen LogP contribution is -2.11. The molecule has 1 aromatic heterocycles. The minimum atomic E-state index is -0.221. The summed E-state index contributed by atoms with van der Waals surface area (Å²) in [6.07, 6.45) is 0.989. The molecule has 0 bridgehead atoms. The fourth-order valence-electron chi connectivity index (χ4n) is 2.36. The molecule has 0 spiro atoms. The molecule has 1 aromatic carbocycles. The minimum absolute atomic E-state index is 0.217. The first-order valence-electron chi connectivity index (χ1n) is 6.02. The van der Waals surface area contributed by atoms with Crippen LogP contribution in [0.4, 0.5) is 10.3 Å². The second-order valence-electron chi connectivity index (χ2n) is 5.07. The van der Waals surface area contributed by atoms with Crippen LogP contribution in [-0.2, 0) is 0 Å². The van der Waals surface area contributed by atoms with Gasteiger partial charge in [0.2, 0.25) is 5.95 Å². The normalized spacial score (nSPS) is 13.4. The van der Waals surface area contributed by atoms with Gasteiger partial charge in [-0.3, -0.25) is 0 Å². The molecule has 3 nitrogen and oxygen atoms in total. The van der Waals surface area contributed by atoms with E-state index < -0.39 is 0 Å². The van der Waals surface area contributed by atoms with Crippen molar-refractivity contribution in [3.63, 3.8) is 0 Å². The highest BCUT2D eigenvalue weighted by molar-refractivity contribution is 14.1. The number of halogens is 2. The summed E-state index contributed by atoms with van der Waals surface area (Å²) in [6.45, 7) is 6.41. The van der Waals surface area contributed by atoms with Gasteiger partial charge in [-0.1, -0.05) is 13.8 Å². The van der Waals surface area contributed by atoms with Crippen molar-refractivity contribution in [2.75, 3.05) is 5.73 Å². The maximum Gasteiger partial charge on any atom is 0.201 e. The topological polar surface area (TPSA) is 43.8 Å². The number of nitrogen functional groups attached to an aromatic ring is 1. The molecule has 2 N–H and O–H groups in total. The molecule has 98 valence electrons. The fraction of sp³-hybridized carbons (Fsp3) is 0.462. The van der Waals surface area contributed by atoms with Crippen LogP contribution in [-0.4, -0.2) is 9.55 Å². The molecule has 0 aliphatic carbocycles. The van der Waals surface area contributed by atoms with Crippen LogP contribution in [0, 0.1) is 15.3 Å². The van der Waals surface area contributed by atoms with Crippen molar-refractivity contribution in [1.82, 2.24) is 9.55 Å². The Morgan fingerprint density at radius 1 is 1.39 bits per heavy atom. The molecule has 1 unspecified atom stereocenters. The van der Waals surface area contributed by atoms with Gasteiger partial charge in [0.1, 0.15) is 5.82 Å². The van der Waals surface area contributed by atoms with E-state index in [0.717, 1.165) is 17.5 Å². The van der Waals surface area contributed by atoms with Crippen LogP contribution < -0.4 is 5.73 Å². The Hall–Kier alpha value is -0.850. The number of hydrogen-bond donors (Lipinski definition) is 1. The first kappa shape index (κ1) is 13.6. The van der Waals surface area contributed by atoms with E-state index in [4.69, 9.17) is 5.73 Å². The number of aromatic nitrogens is 2. The van der Waals surface area contributed by atoms with Crippen LogP contribution in [0.2, 0.25) is 0 Å². The van der Waals surface area contributed by atoms with Gasteiger partial charge in [0, 0.05) is 12.1 Å². The van der Waals surface area contributed by atoms with Gasteiger partial charge in [-0.2, -0.15) is 0 Å². The molecule has 0 aliphatic rings. The Labute approximate surface area is 120 Å². The highest BCUT2D eigenvalue weighted by Crippen LogP contribution is 2.28. The predicted octanol–water partition coefficient (Wildman–Crippen LogP) is 3.97. The van der Waals surface area contributed by atoms with Gasteiger partial charge < -0.3 is 10.3 Å². The van der Waals surface area contributed by atoms with Crippen LogP contribution in [0.25, 0.3) is 11.0 Å². The van der Waals surface area contributed by atoms with E-state index in [-0.39, 0.29) is 11.9 Å². The van der Waals surface area contributed by atoms with E-state index in [1.54, 1.807) is 6.07 Å². The third kappa shape index (κ3) is 2.46. The average molecular weight is 361 g/mol. The first-order chi connectivity index (χ1) is 8.40. The number of nitrogens with zero attached hydrogens (tertiary/aromatic N) is 2. The quantitative estimate of drug-likeness (QED) is 0.841. The Balaban J connectivity index is 2.56. The summed E-state index contributed by atoms with van der Waals surface area (Å²) < 4.78 is 16.2. The molecule has 0 saturated carbocycles. The molecule has 0 radical (unpaired) electrons. The van der Waals surface area contributed by atoms with E-state index >= 15 is 0 Å². The lowest BCUT2D eigenvalue weighted by Gasteiger charge is -2.18. The fourth-order valence-corrected chi connectivity index (χ4v) is 2.81. The second kappa shape index (κ2) is 5.03. The van der Waals surface area contributed by atoms with Gasteiger partial charge in [0.15, 0.2) is 0 Å². The van der Waals surface area contributed by atoms with Gasteiger partial charge in [-0.25, -0.2) is 9.37 Å². The Bertz CT molecular complexity index is 577. The summed E-state index contributed by atoms with van der Waals surface area (Å²) >= 11 is 1.97. The molecule has 0 aliphatic heterocycles. The van der Waals surface area contributed by atoms with Gasteiger partial charge in [0.25, 0.3) is 0 Å². The van der Waals surface area contributed by atoms with Crippen LogP contribution in [0.1, 0.15) is 33.2 Å². The summed E-state index contributed by atoms with van der Waals surface area (Å²) in [5.41, 5.74) is 7.49. The number of fused-ring (bicyclic) bond motifs is 1. The van der Waals surface area contributed by atoms with Crippen LogP contribution >= 0.6 is 22.6 Å². The van der Waals surface area contributed by atoms with Crippen molar-refractivity contribution >= 4 is 39.6 Å². The molecule has 0 amide bonds. The molecule has 1 heterocycles. The summed E-state index contributed by atoms with van der Waals surface area (Å²) in [5.74, 6) is 0.797. The third-order valence-corrected chi connectivity index (χ3v) is 3.84. The number of rotatable bonds is 3. The van der Waals surface area contributed by atoms with E-state index in [1.165, 1.54) is 6.07 Å². The maximum atomic E-state index is 13.7. The van der Waals surface area contributed by atoms with Crippen molar-refractivity contribution < 1.29 is 4.39 Å². The Kier molecular flexibility index (Phi) is 3.79. The van der Waals surface area contributed by atoms with Crippen molar-refractivity contribution in [3.05, 3.63) is 21.5 Å². The van der Waals surface area contributed by atoms with Crippen LogP contribution in [0.3, 0.4) is 0 Å². The Morgan fingerprint density at radius 3 is 2.67 bits per heavy atom. The van der Waals surface area contributed by atoms with Crippen LogP contribution in [0.15, 0.2) is 12.1 Å². The summed E-state index contributed by atoms with van der Waals surface area (Å²) in [4.78, 5) is 4.31. The van der Waals surface area contributed by atoms with Crippen LogP contribution in [0.5, 0.6) is 0 Å². The number of nitrogens with two attached hydrogens (primary N) is 1. The Morgan fingerprint density at radius 2 is 2.06 bits per heavy atom. The number of hydrogen-bond acceptors (Lipinski definition) is 2. The molecule has 0 saturated heterocycles. The zero-order chi connectivity index (χ0) is 13.4. The largest absolute Gasteiger partial charge is 0.369 e. The molecular weight excluding hydrogens is 344 g/mol. The highest BCUT2D eigenvalue weighted by Gasteiger charge is 2.16. The molecule has 5 heteroatoms. The van der Waals surface area contributed by atoms with Crippen molar-refractivity contribution in [1.29, 1.82) is 0 Å². The summed E-state index contributed by atoms with van der Waals surface area (Å²) in [6, 6.07) is 3.48. The molecule has 0 fully saturated rings. The van der Waals surface area contributed by atoms with Crippen molar-refractivity contribution in [2.45, 2.75) is 33.2 Å². The first-order valence-corrected chi connectivity index (χ1v) is 7.10. The highest BCUT2D eigenvalue weighted by atomic mass is 127. The van der Waals surface area contributed by atoms with Gasteiger partial charge in [0.05, 0.1) is 14.6 Å². The molecule has 2 aromatic rings. The van der Waals surface area contributed by atoms with Gasteiger partial charge in [-0.05, 0) is 47.9 Å². The molecule has 2 rings (SSSR count). The standard InChI is InChI=1S/C13H17FIN3/c1-7(2)4-8(3)18-12-5-9(14)10(15)6-11(12)17-13(18)16/h5-8H,4H2,1-3H3,(H2,16,17). The van der Waals surface area contributed by atoms with E-state index in [9.17, 15) is 4.39 Å². The SMILES string of the molecule is CC(C)CC(C)n1c(N)nc2cc(I)c(F)cc21. The number of imidazole rings is 1.